The molecule has 72 valence electrons. The summed E-state index contributed by atoms with van der Waals surface area (Å²) in [4.78, 5) is 11.7. The van der Waals surface area contributed by atoms with Crippen LogP contribution in [0.25, 0.3) is 0 Å². The van der Waals surface area contributed by atoms with Gasteiger partial charge in [-0.05, 0) is 12.8 Å². The number of cyclic esters (lactones) is 1. The van der Waals surface area contributed by atoms with Crippen molar-refractivity contribution in [1.82, 2.24) is 0 Å². The van der Waals surface area contributed by atoms with Gasteiger partial charge in [0, 0.05) is 5.92 Å². The highest BCUT2D eigenvalue weighted by Gasteiger charge is 2.62. The minimum Gasteiger partial charge on any atom is -0.465 e. The average Bonchev–Trinajstić information content (AvgIpc) is 2.94. The predicted octanol–water partition coefficient (Wildman–Crippen LogP) is 1.12. The summed E-state index contributed by atoms with van der Waals surface area (Å²) in [6, 6.07) is 0. The number of rotatable bonds is 1. The molecule has 0 aromatic rings. The van der Waals surface area contributed by atoms with E-state index in [2.05, 4.69) is 0 Å². The van der Waals surface area contributed by atoms with Crippen LogP contribution in [0.1, 0.15) is 25.7 Å². The van der Waals surface area contributed by atoms with Crippen LogP contribution >= 0.6 is 0 Å². The lowest BCUT2D eigenvalue weighted by Crippen LogP contribution is -2.41. The van der Waals surface area contributed by atoms with Crippen LogP contribution in [-0.4, -0.2) is 25.3 Å². The molecule has 2 saturated heterocycles. The van der Waals surface area contributed by atoms with Crippen LogP contribution in [0.3, 0.4) is 0 Å². The summed E-state index contributed by atoms with van der Waals surface area (Å²) in [5.74, 6) is 0.459. The predicted molar refractivity (Wildman–Crippen MR) is 45.1 cm³/mol. The molecule has 3 atom stereocenters. The van der Waals surface area contributed by atoms with Gasteiger partial charge in [0.2, 0.25) is 0 Å². The van der Waals surface area contributed by atoms with E-state index in [9.17, 15) is 4.79 Å². The van der Waals surface area contributed by atoms with E-state index in [0.717, 1.165) is 25.9 Å². The fourth-order valence-electron chi connectivity index (χ4n) is 2.98. The van der Waals surface area contributed by atoms with E-state index in [4.69, 9.17) is 9.47 Å². The Hall–Kier alpha value is -0.570. The first-order valence-corrected chi connectivity index (χ1v) is 5.13. The average molecular weight is 182 g/mol. The molecule has 0 aromatic carbocycles. The quantitative estimate of drug-likeness (QED) is 0.450. The standard InChI is InChI=1S/C10H14O3/c11-9-10(8-6-12-8)4-2-1-3-7(10)5-13-9/h7-8H,1-6H2/t7-,8+,10-/m0/s1. The van der Waals surface area contributed by atoms with Crippen molar-refractivity contribution in [1.29, 1.82) is 0 Å². The summed E-state index contributed by atoms with van der Waals surface area (Å²) >= 11 is 0. The van der Waals surface area contributed by atoms with E-state index in [1.54, 1.807) is 0 Å². The van der Waals surface area contributed by atoms with Crippen LogP contribution in [0, 0.1) is 11.3 Å². The topological polar surface area (TPSA) is 38.8 Å². The Morgan fingerprint density at radius 2 is 2.15 bits per heavy atom. The largest absolute Gasteiger partial charge is 0.465 e. The fourth-order valence-corrected chi connectivity index (χ4v) is 2.98. The highest BCUT2D eigenvalue weighted by Crippen LogP contribution is 2.53. The highest BCUT2D eigenvalue weighted by atomic mass is 16.6. The number of ether oxygens (including phenoxy) is 2. The number of carbonyl (C=O) groups is 1. The van der Waals surface area contributed by atoms with E-state index in [-0.39, 0.29) is 17.5 Å². The zero-order valence-corrected chi connectivity index (χ0v) is 7.62. The minimum absolute atomic E-state index is 0.0136. The Bertz CT molecular complexity index is 247. The van der Waals surface area contributed by atoms with Crippen molar-refractivity contribution in [3.05, 3.63) is 0 Å². The molecule has 1 saturated carbocycles. The summed E-state index contributed by atoms with van der Waals surface area (Å²) in [6.45, 7) is 1.41. The first-order chi connectivity index (χ1) is 6.34. The molecular weight excluding hydrogens is 168 g/mol. The van der Waals surface area contributed by atoms with Crippen molar-refractivity contribution in [2.45, 2.75) is 31.8 Å². The van der Waals surface area contributed by atoms with Gasteiger partial charge in [-0.25, -0.2) is 0 Å². The summed E-state index contributed by atoms with van der Waals surface area (Å²) in [5.41, 5.74) is -0.224. The fraction of sp³-hybridized carbons (Fsp3) is 0.900. The second-order valence-electron chi connectivity index (χ2n) is 4.40. The zero-order chi connectivity index (χ0) is 8.89. The van der Waals surface area contributed by atoms with Crippen LogP contribution in [0.4, 0.5) is 0 Å². The van der Waals surface area contributed by atoms with Gasteiger partial charge in [-0.2, -0.15) is 0 Å². The van der Waals surface area contributed by atoms with Crippen molar-refractivity contribution in [2.75, 3.05) is 13.2 Å². The van der Waals surface area contributed by atoms with E-state index in [1.807, 2.05) is 0 Å². The highest BCUT2D eigenvalue weighted by molar-refractivity contribution is 5.80. The number of hydrogen-bond donors (Lipinski definition) is 0. The van der Waals surface area contributed by atoms with E-state index < -0.39 is 0 Å². The van der Waals surface area contributed by atoms with Crippen molar-refractivity contribution < 1.29 is 14.3 Å². The molecule has 3 rings (SSSR count). The van der Waals surface area contributed by atoms with Gasteiger partial charge in [0.1, 0.15) is 5.41 Å². The molecule has 0 spiro atoms. The molecule has 3 heteroatoms. The van der Waals surface area contributed by atoms with Crippen LogP contribution in [0.5, 0.6) is 0 Å². The first-order valence-electron chi connectivity index (χ1n) is 5.13. The summed E-state index contributed by atoms with van der Waals surface area (Å²) in [6.07, 6.45) is 4.72. The lowest BCUT2D eigenvalue weighted by atomic mass is 9.66. The van der Waals surface area contributed by atoms with Gasteiger partial charge >= 0.3 is 5.97 Å². The molecule has 0 bridgehead atoms. The van der Waals surface area contributed by atoms with Gasteiger partial charge in [0.15, 0.2) is 0 Å². The summed E-state index contributed by atoms with van der Waals surface area (Å²) < 4.78 is 10.5. The zero-order valence-electron chi connectivity index (χ0n) is 7.62. The van der Waals surface area contributed by atoms with E-state index >= 15 is 0 Å². The van der Waals surface area contributed by atoms with Gasteiger partial charge in [-0.1, -0.05) is 12.8 Å². The molecule has 3 nitrogen and oxygen atoms in total. The molecule has 0 radical (unpaired) electrons. The third-order valence-electron chi connectivity index (χ3n) is 3.83. The lowest BCUT2D eigenvalue weighted by Gasteiger charge is -2.33. The summed E-state index contributed by atoms with van der Waals surface area (Å²) in [5, 5.41) is 0. The molecule has 3 aliphatic rings. The van der Waals surface area contributed by atoms with Crippen LogP contribution in [0.15, 0.2) is 0 Å². The van der Waals surface area contributed by atoms with Crippen molar-refractivity contribution >= 4 is 5.97 Å². The minimum atomic E-state index is -0.224. The SMILES string of the molecule is O=C1OC[C@@H]2CCCC[C@]12[C@H]1CO1. The molecule has 0 unspecified atom stereocenters. The molecule has 1 aliphatic carbocycles. The molecule has 0 N–H and O–H groups in total. The monoisotopic (exact) mass is 182 g/mol. The smallest absolute Gasteiger partial charge is 0.315 e. The maximum absolute atomic E-state index is 11.7. The number of hydrogen-bond acceptors (Lipinski definition) is 3. The Labute approximate surface area is 77.4 Å². The lowest BCUT2D eigenvalue weighted by molar-refractivity contribution is -0.148. The Morgan fingerprint density at radius 1 is 1.31 bits per heavy atom. The number of carbonyl (C=O) groups excluding carboxylic acids is 1. The number of epoxide rings is 1. The molecule has 2 heterocycles. The van der Waals surface area contributed by atoms with Crippen LogP contribution in [-0.2, 0) is 14.3 Å². The first kappa shape index (κ1) is 7.80. The Kier molecular flexibility index (Phi) is 1.48. The molecule has 3 fully saturated rings. The maximum atomic E-state index is 11.7. The van der Waals surface area contributed by atoms with Gasteiger partial charge in [-0.15, -0.1) is 0 Å². The Morgan fingerprint density at radius 3 is 2.92 bits per heavy atom. The van der Waals surface area contributed by atoms with Crippen molar-refractivity contribution in [3.63, 3.8) is 0 Å². The molecular formula is C10H14O3. The molecule has 0 aromatic heterocycles. The van der Waals surface area contributed by atoms with Gasteiger partial charge in [-0.3, -0.25) is 4.79 Å². The van der Waals surface area contributed by atoms with Gasteiger partial charge in [0.25, 0.3) is 0 Å². The third-order valence-corrected chi connectivity index (χ3v) is 3.83. The number of fused-ring (bicyclic) bond motifs is 1. The normalized spacial score (nSPS) is 48.5. The van der Waals surface area contributed by atoms with Crippen molar-refractivity contribution in [3.8, 4) is 0 Å². The molecule has 13 heavy (non-hydrogen) atoms. The third kappa shape index (κ3) is 0.909. The van der Waals surface area contributed by atoms with E-state index in [1.165, 1.54) is 6.42 Å². The second-order valence-corrected chi connectivity index (χ2v) is 4.40. The van der Waals surface area contributed by atoms with Crippen molar-refractivity contribution in [2.24, 2.45) is 11.3 Å². The second kappa shape index (κ2) is 2.47. The maximum Gasteiger partial charge on any atom is 0.315 e. The molecule has 2 aliphatic heterocycles. The van der Waals surface area contributed by atoms with Gasteiger partial charge in [0.05, 0.1) is 19.3 Å². The van der Waals surface area contributed by atoms with E-state index in [0.29, 0.717) is 12.5 Å². The summed E-state index contributed by atoms with van der Waals surface area (Å²) in [7, 11) is 0. The van der Waals surface area contributed by atoms with Crippen LogP contribution in [0.2, 0.25) is 0 Å². The van der Waals surface area contributed by atoms with Crippen LogP contribution < -0.4 is 0 Å². The number of esters is 1. The van der Waals surface area contributed by atoms with Gasteiger partial charge < -0.3 is 9.47 Å². The Balaban J connectivity index is 1.95. The molecule has 0 amide bonds.